The monoisotopic (exact) mass is 254 g/mol. The van der Waals surface area contributed by atoms with Crippen LogP contribution in [-0.4, -0.2) is 48.6 Å². The standard InChI is InChI=1S/C16H34N2/c1-7-15(4,8-2)14-16(5,9-3)18-12-10-17(6)11-13-18/h7-14H2,1-6H3. The Bertz CT molecular complexity index is 239. The van der Waals surface area contributed by atoms with Crippen molar-refractivity contribution in [1.29, 1.82) is 0 Å². The Labute approximate surface area is 115 Å². The van der Waals surface area contributed by atoms with Crippen LogP contribution in [0.4, 0.5) is 0 Å². The van der Waals surface area contributed by atoms with Gasteiger partial charge in [0.1, 0.15) is 0 Å². The molecule has 1 fully saturated rings. The number of piperazine rings is 1. The zero-order chi connectivity index (χ0) is 13.8. The molecular weight excluding hydrogens is 220 g/mol. The lowest BCUT2D eigenvalue weighted by molar-refractivity contribution is 0.0123. The van der Waals surface area contributed by atoms with Crippen molar-refractivity contribution in [3.63, 3.8) is 0 Å². The van der Waals surface area contributed by atoms with E-state index in [1.165, 1.54) is 51.9 Å². The molecule has 1 aliphatic rings. The average Bonchev–Trinajstić information content (AvgIpc) is 2.39. The molecule has 0 radical (unpaired) electrons. The largest absolute Gasteiger partial charge is 0.304 e. The summed E-state index contributed by atoms with van der Waals surface area (Å²) in [5.74, 6) is 0. The predicted octanol–water partition coefficient (Wildman–Crippen LogP) is 3.62. The minimum atomic E-state index is 0.391. The maximum absolute atomic E-state index is 2.75. The van der Waals surface area contributed by atoms with E-state index in [1.54, 1.807) is 0 Å². The normalized spacial score (nSPS) is 23.0. The van der Waals surface area contributed by atoms with Crippen LogP contribution in [0, 0.1) is 5.41 Å². The van der Waals surface area contributed by atoms with Crippen molar-refractivity contribution in [1.82, 2.24) is 9.80 Å². The number of likely N-dealkylation sites (N-methyl/N-ethyl adjacent to an activating group) is 1. The van der Waals surface area contributed by atoms with Crippen molar-refractivity contribution >= 4 is 0 Å². The highest BCUT2D eigenvalue weighted by atomic mass is 15.3. The first-order chi connectivity index (χ1) is 8.39. The Morgan fingerprint density at radius 3 is 1.72 bits per heavy atom. The second-order valence-electron chi connectivity index (χ2n) is 6.84. The lowest BCUT2D eigenvalue weighted by atomic mass is 9.72. The van der Waals surface area contributed by atoms with Crippen molar-refractivity contribution in [2.45, 2.75) is 65.8 Å². The summed E-state index contributed by atoms with van der Waals surface area (Å²) in [5, 5.41) is 0. The van der Waals surface area contributed by atoms with Gasteiger partial charge in [-0.2, -0.15) is 0 Å². The summed E-state index contributed by atoms with van der Waals surface area (Å²) >= 11 is 0. The first kappa shape index (κ1) is 16.0. The molecule has 0 amide bonds. The summed E-state index contributed by atoms with van der Waals surface area (Å²) in [6, 6.07) is 0. The molecule has 0 aromatic heterocycles. The molecule has 1 heterocycles. The lowest BCUT2D eigenvalue weighted by Gasteiger charge is -2.49. The molecule has 18 heavy (non-hydrogen) atoms. The van der Waals surface area contributed by atoms with E-state index in [0.717, 1.165) is 0 Å². The fourth-order valence-electron chi connectivity index (χ4n) is 3.23. The van der Waals surface area contributed by atoms with Crippen LogP contribution in [0.1, 0.15) is 60.3 Å². The van der Waals surface area contributed by atoms with Crippen LogP contribution in [0.15, 0.2) is 0 Å². The average molecular weight is 254 g/mol. The first-order valence-electron chi connectivity index (χ1n) is 7.82. The van der Waals surface area contributed by atoms with Crippen LogP contribution in [0.25, 0.3) is 0 Å². The fraction of sp³-hybridized carbons (Fsp3) is 1.00. The Morgan fingerprint density at radius 1 is 0.833 bits per heavy atom. The van der Waals surface area contributed by atoms with Crippen molar-refractivity contribution in [2.75, 3.05) is 33.2 Å². The SMILES string of the molecule is CCC(C)(CC)CC(C)(CC)N1CCN(C)CC1. The Balaban J connectivity index is 2.72. The van der Waals surface area contributed by atoms with Gasteiger partial charge >= 0.3 is 0 Å². The molecular formula is C16H34N2. The molecule has 0 aromatic rings. The number of rotatable bonds is 6. The highest BCUT2D eigenvalue weighted by molar-refractivity contribution is 4.93. The number of hydrogen-bond donors (Lipinski definition) is 0. The van der Waals surface area contributed by atoms with Gasteiger partial charge in [-0.1, -0.05) is 40.5 Å². The molecule has 0 N–H and O–H groups in total. The first-order valence-corrected chi connectivity index (χ1v) is 7.82. The van der Waals surface area contributed by atoms with Crippen LogP contribution in [-0.2, 0) is 0 Å². The molecule has 1 aliphatic heterocycles. The molecule has 0 bridgehead atoms. The third-order valence-corrected chi connectivity index (χ3v) is 5.54. The van der Waals surface area contributed by atoms with Crippen LogP contribution >= 0.6 is 0 Å². The van der Waals surface area contributed by atoms with Crippen molar-refractivity contribution in [2.24, 2.45) is 5.41 Å². The van der Waals surface area contributed by atoms with Crippen LogP contribution in [0.5, 0.6) is 0 Å². The van der Waals surface area contributed by atoms with E-state index in [4.69, 9.17) is 0 Å². The molecule has 0 aliphatic carbocycles. The minimum absolute atomic E-state index is 0.391. The Kier molecular flexibility index (Phi) is 5.67. The van der Waals surface area contributed by atoms with Gasteiger partial charge in [0.05, 0.1) is 0 Å². The van der Waals surface area contributed by atoms with E-state index in [9.17, 15) is 0 Å². The van der Waals surface area contributed by atoms with Gasteiger partial charge in [0.25, 0.3) is 0 Å². The van der Waals surface area contributed by atoms with Crippen LogP contribution in [0.3, 0.4) is 0 Å². The molecule has 2 heteroatoms. The van der Waals surface area contributed by atoms with Gasteiger partial charge in [-0.3, -0.25) is 4.90 Å². The second kappa shape index (κ2) is 6.38. The topological polar surface area (TPSA) is 6.48 Å². The minimum Gasteiger partial charge on any atom is -0.304 e. The number of hydrogen-bond acceptors (Lipinski definition) is 2. The third kappa shape index (κ3) is 3.71. The summed E-state index contributed by atoms with van der Waals surface area (Å²) in [4.78, 5) is 5.20. The van der Waals surface area contributed by atoms with Crippen LogP contribution < -0.4 is 0 Å². The summed E-state index contributed by atoms with van der Waals surface area (Å²) in [5.41, 5.74) is 0.899. The van der Waals surface area contributed by atoms with Crippen molar-refractivity contribution in [3.05, 3.63) is 0 Å². The van der Waals surface area contributed by atoms with E-state index >= 15 is 0 Å². The molecule has 0 spiro atoms. The smallest absolute Gasteiger partial charge is 0.0185 e. The molecule has 1 saturated heterocycles. The van der Waals surface area contributed by atoms with E-state index < -0.39 is 0 Å². The van der Waals surface area contributed by atoms with Crippen LogP contribution in [0.2, 0.25) is 0 Å². The molecule has 108 valence electrons. The molecule has 0 saturated carbocycles. The molecule has 1 rings (SSSR count). The van der Waals surface area contributed by atoms with Gasteiger partial charge in [-0.25, -0.2) is 0 Å². The Morgan fingerprint density at radius 2 is 1.33 bits per heavy atom. The summed E-state index contributed by atoms with van der Waals surface area (Å²) in [7, 11) is 2.24. The number of nitrogens with zero attached hydrogens (tertiary/aromatic N) is 2. The zero-order valence-electron chi connectivity index (χ0n) is 13.6. The lowest BCUT2D eigenvalue weighted by Crippen LogP contribution is -2.56. The predicted molar refractivity (Wildman–Crippen MR) is 81.1 cm³/mol. The van der Waals surface area contributed by atoms with E-state index in [2.05, 4.69) is 51.5 Å². The fourth-order valence-corrected chi connectivity index (χ4v) is 3.23. The molecule has 0 aromatic carbocycles. The second-order valence-corrected chi connectivity index (χ2v) is 6.84. The summed E-state index contributed by atoms with van der Waals surface area (Å²) in [6.45, 7) is 17.0. The highest BCUT2D eigenvalue weighted by Crippen LogP contribution is 2.39. The van der Waals surface area contributed by atoms with Gasteiger partial charge in [-0.15, -0.1) is 0 Å². The molecule has 2 nitrogen and oxygen atoms in total. The molecule has 1 unspecified atom stereocenters. The van der Waals surface area contributed by atoms with Crippen molar-refractivity contribution < 1.29 is 0 Å². The summed E-state index contributed by atoms with van der Waals surface area (Å²) < 4.78 is 0. The van der Waals surface area contributed by atoms with Gasteiger partial charge in [0.15, 0.2) is 0 Å². The quantitative estimate of drug-likeness (QED) is 0.714. The Hall–Kier alpha value is -0.0800. The zero-order valence-corrected chi connectivity index (χ0v) is 13.6. The maximum Gasteiger partial charge on any atom is 0.0185 e. The van der Waals surface area contributed by atoms with E-state index in [-0.39, 0.29) is 0 Å². The maximum atomic E-state index is 2.75. The third-order valence-electron chi connectivity index (χ3n) is 5.54. The van der Waals surface area contributed by atoms with Gasteiger partial charge in [0, 0.05) is 31.7 Å². The molecule has 1 atom stereocenters. The highest BCUT2D eigenvalue weighted by Gasteiger charge is 2.37. The van der Waals surface area contributed by atoms with Crippen molar-refractivity contribution in [3.8, 4) is 0 Å². The van der Waals surface area contributed by atoms with Gasteiger partial charge < -0.3 is 4.90 Å². The van der Waals surface area contributed by atoms with E-state index in [1.807, 2.05) is 0 Å². The van der Waals surface area contributed by atoms with Gasteiger partial charge in [0.2, 0.25) is 0 Å². The summed E-state index contributed by atoms with van der Waals surface area (Å²) in [6.07, 6.45) is 5.21. The van der Waals surface area contributed by atoms with E-state index in [0.29, 0.717) is 11.0 Å². The van der Waals surface area contributed by atoms with Gasteiger partial charge in [-0.05, 0) is 32.2 Å².